The van der Waals surface area contributed by atoms with Crippen molar-refractivity contribution in [3.63, 3.8) is 0 Å². The minimum absolute atomic E-state index is 0.00433. The number of hydrogen-bond acceptors (Lipinski definition) is 4. The average Bonchev–Trinajstić information content (AvgIpc) is 3.27. The number of methoxy groups -OCH3 is 1. The highest BCUT2D eigenvalue weighted by Crippen LogP contribution is 2.55. The summed E-state index contributed by atoms with van der Waals surface area (Å²) < 4.78 is 11.5. The number of rotatable bonds is 3. The zero-order valence-electron chi connectivity index (χ0n) is 14.7. The van der Waals surface area contributed by atoms with Crippen LogP contribution in [0, 0.1) is 29.6 Å². The summed E-state index contributed by atoms with van der Waals surface area (Å²) in [5, 5.41) is 0. The summed E-state index contributed by atoms with van der Waals surface area (Å²) in [5.74, 6) is 5.52. The molecule has 0 N–H and O–H groups in total. The van der Waals surface area contributed by atoms with Crippen molar-refractivity contribution in [2.75, 3.05) is 7.11 Å². The third-order valence-electron chi connectivity index (χ3n) is 6.04. The molecule has 2 bridgehead atoms. The van der Waals surface area contributed by atoms with Gasteiger partial charge in [-0.05, 0) is 31.4 Å². The minimum Gasteiger partial charge on any atom is -0.496 e. The highest BCUT2D eigenvalue weighted by molar-refractivity contribution is 6.17. The van der Waals surface area contributed by atoms with E-state index in [9.17, 15) is 9.59 Å². The Labute approximate surface area is 147 Å². The molecule has 6 atom stereocenters. The molecule has 4 nitrogen and oxygen atoms in total. The number of fused-ring (bicyclic) bond motifs is 5. The third-order valence-corrected chi connectivity index (χ3v) is 6.04. The summed E-state index contributed by atoms with van der Waals surface area (Å²) in [6, 6.07) is 5.48. The predicted octanol–water partition coefficient (Wildman–Crippen LogP) is 2.73. The molecule has 0 spiro atoms. The Balaban J connectivity index is 1.72. The minimum atomic E-state index is -0.724. The highest BCUT2D eigenvalue weighted by atomic mass is 16.5. The van der Waals surface area contributed by atoms with Crippen molar-refractivity contribution in [3.8, 4) is 17.6 Å². The first-order valence-corrected chi connectivity index (χ1v) is 8.94. The molecule has 4 unspecified atom stereocenters. The summed E-state index contributed by atoms with van der Waals surface area (Å²) in [6.45, 7) is 3.89. The van der Waals surface area contributed by atoms with Gasteiger partial charge in [-0.15, -0.1) is 5.92 Å². The summed E-state index contributed by atoms with van der Waals surface area (Å²) in [6.07, 6.45) is 1.72. The fourth-order valence-corrected chi connectivity index (χ4v) is 4.95. The molecular formula is C21H22O4. The van der Waals surface area contributed by atoms with Gasteiger partial charge in [0.05, 0.1) is 31.2 Å². The van der Waals surface area contributed by atoms with Crippen LogP contribution >= 0.6 is 0 Å². The molecule has 1 aromatic rings. The smallest absolute Gasteiger partial charge is 0.154 e. The lowest BCUT2D eigenvalue weighted by atomic mass is 9.74. The Morgan fingerprint density at radius 3 is 2.68 bits per heavy atom. The van der Waals surface area contributed by atoms with Crippen molar-refractivity contribution in [1.29, 1.82) is 0 Å². The molecule has 25 heavy (non-hydrogen) atoms. The maximum absolute atomic E-state index is 13.1. The van der Waals surface area contributed by atoms with Gasteiger partial charge in [0, 0.05) is 11.1 Å². The molecule has 3 aliphatic rings. The molecule has 2 saturated heterocycles. The topological polar surface area (TPSA) is 52.6 Å². The van der Waals surface area contributed by atoms with Gasteiger partial charge in [0.1, 0.15) is 11.7 Å². The normalized spacial score (nSPS) is 35.5. The molecule has 4 heteroatoms. The first-order valence-electron chi connectivity index (χ1n) is 8.94. The average molecular weight is 338 g/mol. The van der Waals surface area contributed by atoms with E-state index in [1.165, 1.54) is 0 Å². The van der Waals surface area contributed by atoms with E-state index in [0.717, 1.165) is 18.4 Å². The first kappa shape index (κ1) is 16.4. The second kappa shape index (κ2) is 6.00. The standard InChI is InChI=1S/C21H22O4/c1-4-6-11-7-8-13(14(9-11)24-3)16-19(22)17-15-10-12(5-2)21(25-15)18(17)20(16)23/h7-9,12,15-18,21H,5,10H2,1-3H3/t12?,15?,16?,17-,18+,21?/m0/s1. The van der Waals surface area contributed by atoms with Crippen LogP contribution in [0.2, 0.25) is 0 Å². The van der Waals surface area contributed by atoms with Crippen LogP contribution < -0.4 is 4.74 Å². The number of Topliss-reactive ketones (excluding diaryl/α,β-unsaturated/α-hetero) is 2. The molecule has 3 fully saturated rings. The third kappa shape index (κ3) is 2.26. The number of hydrogen-bond donors (Lipinski definition) is 0. The van der Waals surface area contributed by atoms with Crippen molar-refractivity contribution in [2.45, 2.75) is 44.8 Å². The van der Waals surface area contributed by atoms with E-state index in [-0.39, 0.29) is 35.6 Å². The maximum atomic E-state index is 13.1. The SMILES string of the molecule is CC#Cc1ccc(C2C(=O)[C@@H]3C4OC(CC4CC)[C@@H]3C2=O)c(OC)c1. The summed E-state index contributed by atoms with van der Waals surface area (Å²) >= 11 is 0. The van der Waals surface area contributed by atoms with Gasteiger partial charge in [-0.1, -0.05) is 25.3 Å². The number of ketones is 2. The zero-order valence-corrected chi connectivity index (χ0v) is 14.7. The molecule has 4 rings (SSSR count). The number of benzene rings is 1. The molecule has 1 saturated carbocycles. The van der Waals surface area contributed by atoms with Gasteiger partial charge < -0.3 is 9.47 Å². The molecule has 1 aliphatic carbocycles. The number of carbonyl (C=O) groups excluding carboxylic acids is 2. The lowest BCUT2D eigenvalue weighted by Gasteiger charge is -2.24. The second-order valence-corrected chi connectivity index (χ2v) is 7.16. The van der Waals surface area contributed by atoms with Gasteiger partial charge in [-0.25, -0.2) is 0 Å². The zero-order chi connectivity index (χ0) is 17.7. The Bertz CT molecular complexity index is 800. The second-order valence-electron chi connectivity index (χ2n) is 7.16. The Hall–Kier alpha value is -2.12. The quantitative estimate of drug-likeness (QED) is 0.628. The van der Waals surface area contributed by atoms with E-state index in [4.69, 9.17) is 9.47 Å². The molecule has 0 radical (unpaired) electrons. The van der Waals surface area contributed by atoms with Crippen LogP contribution in [0.4, 0.5) is 0 Å². The van der Waals surface area contributed by atoms with E-state index < -0.39 is 5.92 Å². The van der Waals surface area contributed by atoms with Crippen LogP contribution in [0.1, 0.15) is 43.7 Å². The van der Waals surface area contributed by atoms with E-state index in [0.29, 0.717) is 17.2 Å². The van der Waals surface area contributed by atoms with Crippen molar-refractivity contribution < 1.29 is 19.1 Å². The van der Waals surface area contributed by atoms with Gasteiger partial charge >= 0.3 is 0 Å². The van der Waals surface area contributed by atoms with Crippen LogP contribution in [0.3, 0.4) is 0 Å². The van der Waals surface area contributed by atoms with Crippen LogP contribution in [0.25, 0.3) is 0 Å². The van der Waals surface area contributed by atoms with Crippen molar-refractivity contribution >= 4 is 11.6 Å². The van der Waals surface area contributed by atoms with E-state index in [1.54, 1.807) is 20.1 Å². The van der Waals surface area contributed by atoms with Gasteiger partial charge in [0.25, 0.3) is 0 Å². The van der Waals surface area contributed by atoms with Gasteiger partial charge in [0.15, 0.2) is 11.6 Å². The number of ether oxygens (including phenoxy) is 2. The Morgan fingerprint density at radius 2 is 2.00 bits per heavy atom. The predicted molar refractivity (Wildman–Crippen MR) is 92.3 cm³/mol. The molecule has 2 heterocycles. The molecule has 0 aromatic heterocycles. The largest absolute Gasteiger partial charge is 0.496 e. The fraction of sp³-hybridized carbons (Fsp3) is 0.524. The molecule has 130 valence electrons. The lowest BCUT2D eigenvalue weighted by molar-refractivity contribution is -0.127. The lowest BCUT2D eigenvalue weighted by Crippen LogP contribution is -2.34. The van der Waals surface area contributed by atoms with E-state index in [2.05, 4.69) is 18.8 Å². The van der Waals surface area contributed by atoms with Gasteiger partial charge in [-0.3, -0.25) is 9.59 Å². The fourth-order valence-electron chi connectivity index (χ4n) is 4.95. The molecule has 0 amide bonds. The van der Waals surface area contributed by atoms with E-state index >= 15 is 0 Å². The van der Waals surface area contributed by atoms with Crippen LogP contribution in [0.5, 0.6) is 5.75 Å². The molecular weight excluding hydrogens is 316 g/mol. The van der Waals surface area contributed by atoms with Crippen molar-refractivity contribution in [3.05, 3.63) is 29.3 Å². The summed E-state index contributed by atoms with van der Waals surface area (Å²) in [7, 11) is 1.56. The van der Waals surface area contributed by atoms with E-state index in [1.807, 2.05) is 12.1 Å². The summed E-state index contributed by atoms with van der Waals surface area (Å²) in [5.41, 5.74) is 1.48. The van der Waals surface area contributed by atoms with Crippen molar-refractivity contribution in [2.24, 2.45) is 17.8 Å². The van der Waals surface area contributed by atoms with Crippen LogP contribution in [-0.2, 0) is 14.3 Å². The van der Waals surface area contributed by atoms with Crippen molar-refractivity contribution in [1.82, 2.24) is 0 Å². The summed E-state index contributed by atoms with van der Waals surface area (Å²) in [4.78, 5) is 26.2. The van der Waals surface area contributed by atoms with Gasteiger partial charge in [-0.2, -0.15) is 0 Å². The maximum Gasteiger partial charge on any atom is 0.154 e. The molecule has 1 aromatic carbocycles. The van der Waals surface area contributed by atoms with Crippen LogP contribution in [0.15, 0.2) is 18.2 Å². The Morgan fingerprint density at radius 1 is 1.24 bits per heavy atom. The Kier molecular flexibility index (Phi) is 3.92. The van der Waals surface area contributed by atoms with Crippen LogP contribution in [-0.4, -0.2) is 30.9 Å². The van der Waals surface area contributed by atoms with Gasteiger partial charge in [0.2, 0.25) is 0 Å². The first-order chi connectivity index (χ1) is 12.1. The monoisotopic (exact) mass is 338 g/mol. The molecule has 2 aliphatic heterocycles. The number of carbonyl (C=O) groups is 2. The highest BCUT2D eigenvalue weighted by Gasteiger charge is 2.65.